The van der Waals surface area contributed by atoms with Crippen LogP contribution in [0, 0.1) is 22.5 Å². The number of hydrogen-bond acceptors (Lipinski definition) is 1. The average Bonchev–Trinajstić information content (AvgIpc) is 2.09. The van der Waals surface area contributed by atoms with Gasteiger partial charge in [0, 0.05) is 11.6 Å². The minimum Gasteiger partial charge on any atom is -0.321 e. The van der Waals surface area contributed by atoms with Crippen molar-refractivity contribution < 1.29 is 8.78 Å². The molecule has 19 heavy (non-hydrogen) atoms. The maximum atomic E-state index is 13.4. The second-order valence-corrected chi connectivity index (χ2v) is 7.67. The molecule has 106 valence electrons. The third kappa shape index (κ3) is 3.14. The highest BCUT2D eigenvalue weighted by atomic mass is 19.1. The summed E-state index contributed by atoms with van der Waals surface area (Å²) in [5.41, 5.74) is 6.59. The molecule has 1 aliphatic rings. The van der Waals surface area contributed by atoms with Gasteiger partial charge in [0.2, 0.25) is 0 Å². The van der Waals surface area contributed by atoms with Crippen molar-refractivity contribution >= 4 is 0 Å². The Hall–Kier alpha value is -0.960. The molecule has 0 aromatic heterocycles. The molecule has 1 aromatic rings. The molecule has 1 fully saturated rings. The number of halogens is 2. The summed E-state index contributed by atoms with van der Waals surface area (Å²) in [5, 5.41) is 0. The largest absolute Gasteiger partial charge is 0.321 e. The van der Waals surface area contributed by atoms with Crippen molar-refractivity contribution in [3.05, 3.63) is 35.4 Å². The monoisotopic (exact) mass is 267 g/mol. The van der Waals surface area contributed by atoms with Crippen LogP contribution in [0.4, 0.5) is 8.78 Å². The first-order chi connectivity index (χ1) is 8.51. The van der Waals surface area contributed by atoms with Crippen LogP contribution in [0.2, 0.25) is 0 Å². The number of benzene rings is 1. The van der Waals surface area contributed by atoms with Gasteiger partial charge in [-0.3, -0.25) is 0 Å². The molecule has 1 aliphatic carbocycles. The van der Waals surface area contributed by atoms with E-state index < -0.39 is 17.2 Å². The van der Waals surface area contributed by atoms with Gasteiger partial charge in [-0.05, 0) is 47.8 Å². The molecule has 0 amide bonds. The molecule has 0 unspecified atom stereocenters. The van der Waals surface area contributed by atoms with Crippen molar-refractivity contribution in [1.82, 2.24) is 0 Å². The molecule has 1 aromatic carbocycles. The SMILES string of the molecule is CC1(C)CC(C)(C)CC(N)(c2cc(F)cc(F)c2)C1. The summed E-state index contributed by atoms with van der Waals surface area (Å²) in [6, 6.07) is 3.65. The Kier molecular flexibility index (Phi) is 3.25. The van der Waals surface area contributed by atoms with Gasteiger partial charge in [0.25, 0.3) is 0 Å². The molecule has 3 heteroatoms. The number of rotatable bonds is 1. The molecule has 0 atom stereocenters. The predicted octanol–water partition coefficient (Wildman–Crippen LogP) is 4.36. The van der Waals surface area contributed by atoms with E-state index in [1.165, 1.54) is 12.1 Å². The quantitative estimate of drug-likeness (QED) is 0.804. The van der Waals surface area contributed by atoms with Crippen LogP contribution in [-0.2, 0) is 5.54 Å². The van der Waals surface area contributed by atoms with Crippen LogP contribution in [-0.4, -0.2) is 0 Å². The Morgan fingerprint density at radius 1 is 0.842 bits per heavy atom. The lowest BCUT2D eigenvalue weighted by atomic mass is 9.57. The molecule has 2 rings (SSSR count). The zero-order valence-corrected chi connectivity index (χ0v) is 12.2. The fourth-order valence-electron chi connectivity index (χ4n) is 4.24. The second kappa shape index (κ2) is 4.27. The Bertz CT molecular complexity index is 455. The van der Waals surface area contributed by atoms with Crippen LogP contribution in [0.1, 0.15) is 52.5 Å². The lowest BCUT2D eigenvalue weighted by Crippen LogP contribution is -2.49. The van der Waals surface area contributed by atoms with Crippen LogP contribution < -0.4 is 5.73 Å². The third-order valence-electron chi connectivity index (χ3n) is 3.98. The molecule has 0 saturated heterocycles. The van der Waals surface area contributed by atoms with Gasteiger partial charge >= 0.3 is 0 Å². The van der Waals surface area contributed by atoms with Gasteiger partial charge in [-0.25, -0.2) is 8.78 Å². The normalized spacial score (nSPS) is 24.2. The van der Waals surface area contributed by atoms with Gasteiger partial charge in [0.05, 0.1) is 0 Å². The molecule has 2 N–H and O–H groups in total. The summed E-state index contributed by atoms with van der Waals surface area (Å²) in [5.74, 6) is -1.11. The van der Waals surface area contributed by atoms with Gasteiger partial charge < -0.3 is 5.73 Å². The van der Waals surface area contributed by atoms with Crippen molar-refractivity contribution in [1.29, 1.82) is 0 Å². The van der Waals surface area contributed by atoms with Gasteiger partial charge in [-0.1, -0.05) is 27.7 Å². The van der Waals surface area contributed by atoms with E-state index in [2.05, 4.69) is 27.7 Å². The summed E-state index contributed by atoms with van der Waals surface area (Å²) >= 11 is 0. The maximum Gasteiger partial charge on any atom is 0.126 e. The van der Waals surface area contributed by atoms with E-state index in [4.69, 9.17) is 5.73 Å². The first kappa shape index (κ1) is 14.4. The van der Waals surface area contributed by atoms with Crippen LogP contribution in [0.5, 0.6) is 0 Å². The molecular formula is C16H23F2N. The lowest BCUT2D eigenvalue weighted by Gasteiger charge is -2.50. The number of nitrogens with two attached hydrogens (primary N) is 1. The summed E-state index contributed by atoms with van der Waals surface area (Å²) in [6.45, 7) is 8.69. The summed E-state index contributed by atoms with van der Waals surface area (Å²) < 4.78 is 26.9. The molecule has 0 heterocycles. The van der Waals surface area contributed by atoms with Crippen LogP contribution in [0.25, 0.3) is 0 Å². The van der Waals surface area contributed by atoms with E-state index in [0.29, 0.717) is 5.56 Å². The van der Waals surface area contributed by atoms with Crippen molar-refractivity contribution in [3.8, 4) is 0 Å². The van der Waals surface area contributed by atoms with E-state index >= 15 is 0 Å². The highest BCUT2D eigenvalue weighted by Crippen LogP contribution is 2.52. The molecule has 1 saturated carbocycles. The van der Waals surface area contributed by atoms with E-state index in [9.17, 15) is 8.78 Å². The van der Waals surface area contributed by atoms with Gasteiger partial charge in [0.15, 0.2) is 0 Å². The minimum absolute atomic E-state index is 0.0687. The van der Waals surface area contributed by atoms with Crippen LogP contribution >= 0.6 is 0 Å². The van der Waals surface area contributed by atoms with Crippen molar-refractivity contribution in [2.75, 3.05) is 0 Å². The van der Waals surface area contributed by atoms with Crippen LogP contribution in [0.3, 0.4) is 0 Å². The first-order valence-corrected chi connectivity index (χ1v) is 6.77. The van der Waals surface area contributed by atoms with Crippen molar-refractivity contribution in [2.45, 2.75) is 52.5 Å². The Morgan fingerprint density at radius 2 is 1.26 bits per heavy atom. The second-order valence-electron chi connectivity index (χ2n) is 7.67. The number of hydrogen-bond donors (Lipinski definition) is 1. The van der Waals surface area contributed by atoms with E-state index in [-0.39, 0.29) is 10.8 Å². The van der Waals surface area contributed by atoms with E-state index in [1.54, 1.807) is 0 Å². The molecular weight excluding hydrogens is 244 g/mol. The smallest absolute Gasteiger partial charge is 0.126 e. The highest BCUT2D eigenvalue weighted by Gasteiger charge is 2.46. The summed E-state index contributed by atoms with van der Waals surface area (Å²) in [7, 11) is 0. The molecule has 0 spiro atoms. The highest BCUT2D eigenvalue weighted by molar-refractivity contribution is 5.27. The molecule has 0 aliphatic heterocycles. The Morgan fingerprint density at radius 3 is 1.68 bits per heavy atom. The van der Waals surface area contributed by atoms with Gasteiger partial charge in [-0.2, -0.15) is 0 Å². The minimum atomic E-state index is -0.659. The topological polar surface area (TPSA) is 26.0 Å². The lowest BCUT2D eigenvalue weighted by molar-refractivity contribution is 0.0467. The summed E-state index contributed by atoms with van der Waals surface area (Å²) in [6.07, 6.45) is 2.55. The fourth-order valence-corrected chi connectivity index (χ4v) is 4.24. The van der Waals surface area contributed by atoms with Gasteiger partial charge in [0.1, 0.15) is 11.6 Å². The zero-order chi connectivity index (χ0) is 14.5. The first-order valence-electron chi connectivity index (χ1n) is 6.77. The summed E-state index contributed by atoms with van der Waals surface area (Å²) in [4.78, 5) is 0. The molecule has 0 bridgehead atoms. The fraction of sp³-hybridized carbons (Fsp3) is 0.625. The van der Waals surface area contributed by atoms with Crippen molar-refractivity contribution in [3.63, 3.8) is 0 Å². The maximum absolute atomic E-state index is 13.4. The Labute approximate surface area is 114 Å². The van der Waals surface area contributed by atoms with E-state index in [0.717, 1.165) is 25.3 Å². The average molecular weight is 267 g/mol. The van der Waals surface area contributed by atoms with Crippen LogP contribution in [0.15, 0.2) is 18.2 Å². The van der Waals surface area contributed by atoms with E-state index in [1.807, 2.05) is 0 Å². The van der Waals surface area contributed by atoms with Gasteiger partial charge in [-0.15, -0.1) is 0 Å². The third-order valence-corrected chi connectivity index (χ3v) is 3.98. The molecule has 0 radical (unpaired) electrons. The standard InChI is InChI=1S/C16H23F2N/c1-14(2)8-15(3,4)10-16(19,9-14)11-5-12(17)7-13(18)6-11/h5-7H,8-10,19H2,1-4H3. The molecule has 1 nitrogen and oxygen atoms in total. The predicted molar refractivity (Wildman–Crippen MR) is 73.6 cm³/mol. The van der Waals surface area contributed by atoms with Crippen molar-refractivity contribution in [2.24, 2.45) is 16.6 Å². The Balaban J connectivity index is 2.46. The zero-order valence-electron chi connectivity index (χ0n) is 12.2.